The first-order chi connectivity index (χ1) is 10.3. The Kier molecular flexibility index (Phi) is 4.20. The summed E-state index contributed by atoms with van der Waals surface area (Å²) in [6, 6.07) is 13.1. The van der Waals surface area contributed by atoms with Crippen LogP contribution in [0.4, 0.5) is 0 Å². The summed E-state index contributed by atoms with van der Waals surface area (Å²) in [6.45, 7) is 2.88. The fourth-order valence-electron chi connectivity index (χ4n) is 2.63. The van der Waals surface area contributed by atoms with Crippen molar-refractivity contribution in [3.8, 4) is 5.75 Å². The lowest BCUT2D eigenvalue weighted by atomic mass is 10.0. The molecule has 0 radical (unpaired) electrons. The molecule has 1 saturated carbocycles. The molecule has 0 spiro atoms. The number of aryl methyl sites for hydroxylation is 1. The molecule has 21 heavy (non-hydrogen) atoms. The van der Waals surface area contributed by atoms with E-state index in [1.807, 2.05) is 25.3 Å². The lowest BCUT2D eigenvalue weighted by Crippen LogP contribution is -2.22. The molecule has 0 aliphatic heterocycles. The van der Waals surface area contributed by atoms with E-state index >= 15 is 0 Å². The molecule has 1 aromatic heterocycles. The van der Waals surface area contributed by atoms with Gasteiger partial charge in [-0.15, -0.1) is 0 Å². The summed E-state index contributed by atoms with van der Waals surface area (Å²) in [5.74, 6) is 1.67. The van der Waals surface area contributed by atoms with Gasteiger partial charge < -0.3 is 10.1 Å². The first-order valence-electron chi connectivity index (χ1n) is 7.55. The summed E-state index contributed by atoms with van der Waals surface area (Å²) >= 11 is 0. The number of ether oxygens (including phenoxy) is 1. The normalized spacial score (nSPS) is 15.7. The van der Waals surface area contributed by atoms with Gasteiger partial charge in [-0.05, 0) is 55.0 Å². The van der Waals surface area contributed by atoms with Gasteiger partial charge in [0, 0.05) is 24.5 Å². The maximum Gasteiger partial charge on any atom is 0.118 e. The molecule has 1 aromatic carbocycles. The topological polar surface area (TPSA) is 34.1 Å². The van der Waals surface area contributed by atoms with E-state index < -0.39 is 0 Å². The van der Waals surface area contributed by atoms with Crippen LogP contribution >= 0.6 is 0 Å². The van der Waals surface area contributed by atoms with Crippen LogP contribution in [0.5, 0.6) is 5.75 Å². The molecule has 2 aromatic rings. The number of nitrogens with zero attached hydrogens (tertiary/aromatic N) is 1. The van der Waals surface area contributed by atoms with Crippen molar-refractivity contribution in [2.75, 3.05) is 7.11 Å². The number of rotatable bonds is 6. The third kappa shape index (κ3) is 3.61. The first kappa shape index (κ1) is 14.1. The molecule has 1 heterocycles. The van der Waals surface area contributed by atoms with Gasteiger partial charge in [0.05, 0.1) is 7.11 Å². The van der Waals surface area contributed by atoms with E-state index in [0.717, 1.165) is 23.9 Å². The highest BCUT2D eigenvalue weighted by Crippen LogP contribution is 2.41. The minimum absolute atomic E-state index is 0.428. The molecule has 1 N–H and O–H groups in total. The molecular formula is C18H22N2O. The van der Waals surface area contributed by atoms with E-state index in [0.29, 0.717) is 6.04 Å². The second kappa shape index (κ2) is 6.27. The first-order valence-corrected chi connectivity index (χ1v) is 7.55. The fraction of sp³-hybridized carbons (Fsp3) is 0.389. The predicted octanol–water partition coefficient (Wildman–Crippen LogP) is 3.64. The van der Waals surface area contributed by atoms with Crippen molar-refractivity contribution in [3.63, 3.8) is 0 Å². The van der Waals surface area contributed by atoms with Gasteiger partial charge in [0.15, 0.2) is 0 Å². The molecule has 1 aliphatic rings. The van der Waals surface area contributed by atoms with Crippen molar-refractivity contribution in [1.82, 2.24) is 10.3 Å². The maximum absolute atomic E-state index is 5.24. The number of methoxy groups -OCH3 is 1. The molecule has 1 fully saturated rings. The zero-order valence-corrected chi connectivity index (χ0v) is 12.7. The summed E-state index contributed by atoms with van der Waals surface area (Å²) in [7, 11) is 1.70. The molecule has 3 rings (SSSR count). The Morgan fingerprint density at radius 3 is 2.52 bits per heavy atom. The monoisotopic (exact) mass is 282 g/mol. The van der Waals surface area contributed by atoms with Crippen LogP contribution in [0.15, 0.2) is 42.6 Å². The number of nitrogens with one attached hydrogen (secondary N) is 1. The standard InChI is InChI=1S/C18H22N2O/c1-13-3-4-14(11-19-13)12-20-18(15-5-6-15)16-7-9-17(21-2)10-8-16/h3-4,7-11,15,18,20H,5-6,12H2,1-2H3. The van der Waals surface area contributed by atoms with E-state index in [-0.39, 0.29) is 0 Å². The zero-order valence-electron chi connectivity index (χ0n) is 12.7. The van der Waals surface area contributed by atoms with Crippen molar-refractivity contribution < 1.29 is 4.74 Å². The average Bonchev–Trinajstić information content (AvgIpc) is 3.35. The number of benzene rings is 1. The second-order valence-electron chi connectivity index (χ2n) is 5.78. The number of hydrogen-bond acceptors (Lipinski definition) is 3. The molecule has 1 aliphatic carbocycles. The summed E-state index contributed by atoms with van der Waals surface area (Å²) < 4.78 is 5.24. The van der Waals surface area contributed by atoms with Gasteiger partial charge in [-0.1, -0.05) is 18.2 Å². The lowest BCUT2D eigenvalue weighted by molar-refractivity contribution is 0.413. The number of hydrogen-bond donors (Lipinski definition) is 1. The van der Waals surface area contributed by atoms with Crippen molar-refractivity contribution in [3.05, 3.63) is 59.4 Å². The van der Waals surface area contributed by atoms with Gasteiger partial charge in [0.2, 0.25) is 0 Å². The Morgan fingerprint density at radius 1 is 1.19 bits per heavy atom. The molecule has 3 heteroatoms. The number of aromatic nitrogens is 1. The van der Waals surface area contributed by atoms with Crippen LogP contribution in [0.1, 0.15) is 35.7 Å². The minimum atomic E-state index is 0.428. The smallest absolute Gasteiger partial charge is 0.118 e. The highest BCUT2D eigenvalue weighted by Gasteiger charge is 2.31. The summed E-state index contributed by atoms with van der Waals surface area (Å²) in [6.07, 6.45) is 4.59. The summed E-state index contributed by atoms with van der Waals surface area (Å²) in [4.78, 5) is 4.36. The third-order valence-electron chi connectivity index (χ3n) is 4.07. The molecule has 110 valence electrons. The van der Waals surface area contributed by atoms with Crippen LogP contribution in [0.3, 0.4) is 0 Å². The van der Waals surface area contributed by atoms with Gasteiger partial charge in [0.25, 0.3) is 0 Å². The van der Waals surface area contributed by atoms with Crippen LogP contribution in [0, 0.1) is 12.8 Å². The molecule has 3 nitrogen and oxygen atoms in total. The molecular weight excluding hydrogens is 260 g/mol. The second-order valence-corrected chi connectivity index (χ2v) is 5.78. The van der Waals surface area contributed by atoms with Crippen LogP contribution in [-0.4, -0.2) is 12.1 Å². The fourth-order valence-corrected chi connectivity index (χ4v) is 2.63. The van der Waals surface area contributed by atoms with Crippen molar-refractivity contribution >= 4 is 0 Å². The quantitative estimate of drug-likeness (QED) is 0.878. The lowest BCUT2D eigenvalue weighted by Gasteiger charge is -2.19. The highest BCUT2D eigenvalue weighted by molar-refractivity contribution is 5.30. The van der Waals surface area contributed by atoms with E-state index in [1.54, 1.807) is 7.11 Å². The third-order valence-corrected chi connectivity index (χ3v) is 4.07. The molecule has 1 unspecified atom stereocenters. The van der Waals surface area contributed by atoms with Crippen LogP contribution < -0.4 is 10.1 Å². The Hall–Kier alpha value is -1.87. The Morgan fingerprint density at radius 2 is 1.95 bits per heavy atom. The highest BCUT2D eigenvalue weighted by atomic mass is 16.5. The molecule has 0 amide bonds. The average molecular weight is 282 g/mol. The largest absolute Gasteiger partial charge is 0.497 e. The Bertz CT molecular complexity index is 573. The van der Waals surface area contributed by atoms with Crippen LogP contribution in [0.2, 0.25) is 0 Å². The molecule has 0 bridgehead atoms. The van der Waals surface area contributed by atoms with Gasteiger partial charge in [0.1, 0.15) is 5.75 Å². The SMILES string of the molecule is COc1ccc(C(NCc2ccc(C)nc2)C2CC2)cc1. The van der Waals surface area contributed by atoms with Gasteiger partial charge in [-0.2, -0.15) is 0 Å². The van der Waals surface area contributed by atoms with Crippen LogP contribution in [-0.2, 0) is 6.54 Å². The molecule has 0 saturated heterocycles. The van der Waals surface area contributed by atoms with Gasteiger partial charge >= 0.3 is 0 Å². The minimum Gasteiger partial charge on any atom is -0.497 e. The van der Waals surface area contributed by atoms with Crippen molar-refractivity contribution in [2.24, 2.45) is 5.92 Å². The predicted molar refractivity (Wildman–Crippen MR) is 84.3 cm³/mol. The van der Waals surface area contributed by atoms with E-state index in [2.05, 4.69) is 34.6 Å². The maximum atomic E-state index is 5.24. The number of pyridine rings is 1. The van der Waals surface area contributed by atoms with E-state index in [9.17, 15) is 0 Å². The summed E-state index contributed by atoms with van der Waals surface area (Å²) in [5.41, 5.74) is 3.64. The summed E-state index contributed by atoms with van der Waals surface area (Å²) in [5, 5.41) is 3.69. The van der Waals surface area contributed by atoms with Crippen LogP contribution in [0.25, 0.3) is 0 Å². The van der Waals surface area contributed by atoms with Crippen molar-refractivity contribution in [1.29, 1.82) is 0 Å². The molecule has 1 atom stereocenters. The zero-order chi connectivity index (χ0) is 14.7. The Labute approximate surface area is 126 Å². The van der Waals surface area contributed by atoms with Gasteiger partial charge in [-0.3, -0.25) is 4.98 Å². The van der Waals surface area contributed by atoms with Gasteiger partial charge in [-0.25, -0.2) is 0 Å². The van der Waals surface area contributed by atoms with E-state index in [4.69, 9.17) is 4.74 Å². The Balaban J connectivity index is 1.68. The van der Waals surface area contributed by atoms with Crippen molar-refractivity contribution in [2.45, 2.75) is 32.4 Å². The van der Waals surface area contributed by atoms with E-state index in [1.165, 1.54) is 24.0 Å².